The molecule has 2 heterocycles. The third kappa shape index (κ3) is 5.66. The van der Waals surface area contributed by atoms with E-state index >= 15 is 0 Å². The maximum Gasteiger partial charge on any atom is 0.159 e. The molecule has 25 heavy (non-hydrogen) atoms. The molecule has 0 spiro atoms. The van der Waals surface area contributed by atoms with Crippen LogP contribution in [0.2, 0.25) is 0 Å². The molecule has 0 amide bonds. The second kappa shape index (κ2) is 9.50. The summed E-state index contributed by atoms with van der Waals surface area (Å²) in [5.41, 5.74) is 1.72. The van der Waals surface area contributed by atoms with Gasteiger partial charge in [-0.25, -0.2) is 4.98 Å². The van der Waals surface area contributed by atoms with Gasteiger partial charge in [0.2, 0.25) is 0 Å². The van der Waals surface area contributed by atoms with E-state index in [4.69, 9.17) is 6.42 Å². The van der Waals surface area contributed by atoms with E-state index in [0.29, 0.717) is 6.42 Å². The molecule has 2 aromatic heterocycles. The zero-order valence-electron chi connectivity index (χ0n) is 15.2. The van der Waals surface area contributed by atoms with Crippen molar-refractivity contribution >= 4 is 17.3 Å². The molecule has 0 unspecified atom stereocenters. The minimum absolute atomic E-state index is 0.560. The van der Waals surface area contributed by atoms with Crippen molar-refractivity contribution in [1.82, 2.24) is 19.5 Å². The lowest BCUT2D eigenvalue weighted by Crippen LogP contribution is -2.11. The summed E-state index contributed by atoms with van der Waals surface area (Å²) in [6.07, 6.45) is 14.8. The van der Waals surface area contributed by atoms with Gasteiger partial charge in [0.25, 0.3) is 0 Å². The maximum atomic E-state index is 5.39. The molecular formula is C19H26N6. The Bertz CT molecular complexity index is 779. The maximum absolute atomic E-state index is 5.39. The molecule has 2 rings (SSSR count). The van der Waals surface area contributed by atoms with Crippen molar-refractivity contribution in [3.05, 3.63) is 42.3 Å². The number of anilines is 2. The Balaban J connectivity index is 2.25. The van der Waals surface area contributed by atoms with Crippen LogP contribution in [0.1, 0.15) is 19.8 Å². The minimum atomic E-state index is 0.560. The molecule has 0 aliphatic rings. The Morgan fingerprint density at radius 2 is 2.28 bits per heavy atom. The quantitative estimate of drug-likeness (QED) is 0.544. The van der Waals surface area contributed by atoms with Crippen LogP contribution in [0, 0.1) is 12.3 Å². The highest BCUT2D eigenvalue weighted by Gasteiger charge is 2.06. The summed E-state index contributed by atoms with van der Waals surface area (Å²) >= 11 is 0. The van der Waals surface area contributed by atoms with Crippen molar-refractivity contribution in [1.29, 1.82) is 0 Å². The first-order chi connectivity index (χ1) is 12.1. The Labute approximate surface area is 149 Å². The molecule has 2 N–H and O–H groups in total. The van der Waals surface area contributed by atoms with Crippen LogP contribution in [-0.4, -0.2) is 46.7 Å². The summed E-state index contributed by atoms with van der Waals surface area (Å²) in [4.78, 5) is 6.70. The van der Waals surface area contributed by atoms with Crippen LogP contribution in [0.25, 0.3) is 5.65 Å². The van der Waals surface area contributed by atoms with E-state index in [1.165, 1.54) is 0 Å². The van der Waals surface area contributed by atoms with Crippen molar-refractivity contribution in [3.8, 4) is 12.3 Å². The topological polar surface area (TPSA) is 57.5 Å². The number of nitrogens with zero attached hydrogens (tertiary/aromatic N) is 4. The molecule has 6 nitrogen and oxygen atoms in total. The fourth-order valence-electron chi connectivity index (χ4n) is 2.22. The zero-order chi connectivity index (χ0) is 18.1. The van der Waals surface area contributed by atoms with Crippen molar-refractivity contribution in [3.63, 3.8) is 0 Å². The summed E-state index contributed by atoms with van der Waals surface area (Å²) in [6.45, 7) is 3.86. The second-order valence-electron chi connectivity index (χ2n) is 5.91. The highest BCUT2D eigenvalue weighted by atomic mass is 15.3. The molecule has 0 radical (unpaired) electrons. The number of allylic oxidation sites excluding steroid dienone is 2. The molecule has 0 aromatic carbocycles. The lowest BCUT2D eigenvalue weighted by molar-refractivity contribution is 0.456. The van der Waals surface area contributed by atoms with Gasteiger partial charge in [0.15, 0.2) is 5.65 Å². The van der Waals surface area contributed by atoms with Gasteiger partial charge in [-0.05, 0) is 32.7 Å². The third-order valence-electron chi connectivity index (χ3n) is 3.40. The number of terminal acetylenes is 1. The third-order valence-corrected chi connectivity index (χ3v) is 3.40. The largest absolute Gasteiger partial charge is 0.370 e. The van der Waals surface area contributed by atoms with Gasteiger partial charge in [0.1, 0.15) is 11.6 Å². The van der Waals surface area contributed by atoms with E-state index in [1.807, 2.05) is 38.4 Å². The van der Waals surface area contributed by atoms with Gasteiger partial charge in [-0.3, -0.25) is 0 Å². The molecule has 0 aliphatic heterocycles. The van der Waals surface area contributed by atoms with Gasteiger partial charge in [-0.1, -0.05) is 13.0 Å². The monoisotopic (exact) mass is 338 g/mol. The number of hydrogen-bond acceptors (Lipinski definition) is 5. The molecular weight excluding hydrogens is 312 g/mol. The van der Waals surface area contributed by atoms with Gasteiger partial charge in [-0.2, -0.15) is 9.61 Å². The summed E-state index contributed by atoms with van der Waals surface area (Å²) in [5.74, 6) is 4.30. The number of rotatable bonds is 9. The first-order valence-electron chi connectivity index (χ1n) is 8.44. The van der Waals surface area contributed by atoms with E-state index in [-0.39, 0.29) is 0 Å². The smallest absolute Gasteiger partial charge is 0.159 e. The van der Waals surface area contributed by atoms with E-state index in [9.17, 15) is 0 Å². The molecule has 2 aromatic rings. The Morgan fingerprint density at radius 3 is 3.00 bits per heavy atom. The normalized spacial score (nSPS) is 12.0. The lowest BCUT2D eigenvalue weighted by Gasteiger charge is -2.12. The summed E-state index contributed by atoms with van der Waals surface area (Å²) in [7, 11) is 4.06. The zero-order valence-corrected chi connectivity index (χ0v) is 15.2. The van der Waals surface area contributed by atoms with Gasteiger partial charge in [0, 0.05) is 37.3 Å². The standard InChI is InChI=1S/C19H26N6/c1-5-7-9-16(10-8-14-24(3)4)22-17-15-19(20-12-6-2)25-18(23-17)11-13-21-25/h1,8-11,13,15,20H,6-7,12,14H2,2-4H3,(H,22,23)/b10-8-,16-9+. The molecule has 0 saturated heterocycles. The number of hydrogen-bond donors (Lipinski definition) is 2. The van der Waals surface area contributed by atoms with Crippen LogP contribution in [-0.2, 0) is 0 Å². The number of aromatic nitrogens is 3. The molecule has 132 valence electrons. The number of likely N-dealkylation sites (N-methyl/N-ethyl adjacent to an activating group) is 1. The van der Waals surface area contributed by atoms with Crippen LogP contribution in [0.4, 0.5) is 11.6 Å². The van der Waals surface area contributed by atoms with Crippen LogP contribution in [0.15, 0.2) is 42.3 Å². The van der Waals surface area contributed by atoms with Gasteiger partial charge < -0.3 is 15.5 Å². The lowest BCUT2D eigenvalue weighted by atomic mass is 10.3. The molecule has 0 aliphatic carbocycles. The average Bonchev–Trinajstić information content (AvgIpc) is 3.05. The summed E-state index contributed by atoms with van der Waals surface area (Å²) in [6, 6.07) is 3.84. The second-order valence-corrected chi connectivity index (χ2v) is 5.91. The van der Waals surface area contributed by atoms with Gasteiger partial charge in [0.05, 0.1) is 6.20 Å². The van der Waals surface area contributed by atoms with Crippen molar-refractivity contribution < 1.29 is 0 Å². The number of nitrogens with one attached hydrogen (secondary N) is 2. The fraction of sp³-hybridized carbons (Fsp3) is 0.368. The van der Waals surface area contributed by atoms with Crippen LogP contribution >= 0.6 is 0 Å². The van der Waals surface area contributed by atoms with Gasteiger partial charge >= 0.3 is 0 Å². The Hall–Kier alpha value is -2.78. The minimum Gasteiger partial charge on any atom is -0.370 e. The summed E-state index contributed by atoms with van der Waals surface area (Å²) in [5, 5.41) is 11.1. The first kappa shape index (κ1) is 18.6. The Morgan fingerprint density at radius 1 is 1.44 bits per heavy atom. The highest BCUT2D eigenvalue weighted by Crippen LogP contribution is 2.17. The van der Waals surface area contributed by atoms with Gasteiger partial charge in [-0.15, -0.1) is 12.3 Å². The van der Waals surface area contributed by atoms with Crippen molar-refractivity contribution in [2.24, 2.45) is 0 Å². The Kier molecular flexibility index (Phi) is 7.05. The SMILES string of the molecule is C#CC/C=C(\C=C/CN(C)C)Nc1cc(NCCC)n2nccc2n1. The predicted molar refractivity (Wildman–Crippen MR) is 105 cm³/mol. The number of fused-ring (bicyclic) bond motifs is 1. The van der Waals surface area contributed by atoms with Crippen LogP contribution < -0.4 is 10.6 Å². The van der Waals surface area contributed by atoms with Crippen LogP contribution in [0.5, 0.6) is 0 Å². The molecule has 0 atom stereocenters. The molecule has 6 heteroatoms. The summed E-state index contributed by atoms with van der Waals surface area (Å²) < 4.78 is 1.80. The van der Waals surface area contributed by atoms with E-state index in [0.717, 1.165) is 42.5 Å². The highest BCUT2D eigenvalue weighted by molar-refractivity contribution is 5.59. The first-order valence-corrected chi connectivity index (χ1v) is 8.44. The predicted octanol–water partition coefficient (Wildman–Crippen LogP) is 2.99. The van der Waals surface area contributed by atoms with Crippen molar-refractivity contribution in [2.75, 3.05) is 37.8 Å². The molecule has 0 saturated carbocycles. The molecule has 0 bridgehead atoms. The van der Waals surface area contributed by atoms with Crippen LogP contribution in [0.3, 0.4) is 0 Å². The average molecular weight is 338 g/mol. The van der Waals surface area contributed by atoms with E-state index in [1.54, 1.807) is 10.7 Å². The van der Waals surface area contributed by atoms with E-state index < -0.39 is 0 Å². The molecule has 0 fully saturated rings. The van der Waals surface area contributed by atoms with Crippen molar-refractivity contribution in [2.45, 2.75) is 19.8 Å². The fourth-order valence-corrected chi connectivity index (χ4v) is 2.22. The van der Waals surface area contributed by atoms with E-state index in [2.05, 4.69) is 44.5 Å².